The molecule has 2 atom stereocenters. The Hall–Kier alpha value is -2.80. The second-order valence-corrected chi connectivity index (χ2v) is 8.30. The van der Waals surface area contributed by atoms with Crippen LogP contribution in [0.3, 0.4) is 0 Å². The highest BCUT2D eigenvalue weighted by Crippen LogP contribution is 2.30. The van der Waals surface area contributed by atoms with E-state index in [2.05, 4.69) is 40.3 Å². The summed E-state index contributed by atoms with van der Waals surface area (Å²) >= 11 is 0. The monoisotopic (exact) mass is 392 g/mol. The quantitative estimate of drug-likeness (QED) is 0.707. The van der Waals surface area contributed by atoms with Crippen LogP contribution >= 0.6 is 0 Å². The Kier molecular flexibility index (Phi) is 5.32. The molecule has 0 aliphatic heterocycles. The average Bonchev–Trinajstić information content (AvgIpc) is 3.03. The van der Waals surface area contributed by atoms with E-state index in [9.17, 15) is 4.79 Å². The molecule has 1 aliphatic carbocycles. The molecule has 152 valence electrons. The van der Waals surface area contributed by atoms with Gasteiger partial charge < -0.3 is 11.1 Å². The number of benzene rings is 1. The minimum atomic E-state index is -0.0440. The predicted molar refractivity (Wildman–Crippen MR) is 114 cm³/mol. The number of hydrogen-bond donors (Lipinski definition) is 2. The highest BCUT2D eigenvalue weighted by atomic mass is 16.1. The van der Waals surface area contributed by atoms with Gasteiger partial charge in [0, 0.05) is 41.7 Å². The molecule has 1 aromatic carbocycles. The lowest BCUT2D eigenvalue weighted by Gasteiger charge is -2.25. The molecule has 1 fully saturated rings. The summed E-state index contributed by atoms with van der Waals surface area (Å²) in [6.45, 7) is 4.33. The third-order valence-corrected chi connectivity index (χ3v) is 5.73. The number of nitrogens with zero attached hydrogens (tertiary/aromatic N) is 4. The predicted octanol–water partition coefficient (Wildman–Crippen LogP) is 3.61. The highest BCUT2D eigenvalue weighted by Gasteiger charge is 2.25. The Morgan fingerprint density at radius 2 is 2.07 bits per heavy atom. The van der Waals surface area contributed by atoms with Gasteiger partial charge in [-0.2, -0.15) is 5.10 Å². The zero-order chi connectivity index (χ0) is 20.5. The summed E-state index contributed by atoms with van der Waals surface area (Å²) in [4.78, 5) is 21.3. The number of nitrogens with two attached hydrogens (primary N) is 1. The molecule has 0 radical (unpaired) electrons. The topological polar surface area (TPSA) is 98.7 Å². The highest BCUT2D eigenvalue weighted by molar-refractivity contribution is 5.92. The molecule has 7 heteroatoms. The second kappa shape index (κ2) is 7.91. The Morgan fingerprint density at radius 1 is 1.24 bits per heavy atom. The molecule has 0 spiro atoms. The van der Waals surface area contributed by atoms with Crippen LogP contribution in [0.15, 0.2) is 30.6 Å². The van der Waals surface area contributed by atoms with Gasteiger partial charge in [-0.25, -0.2) is 9.97 Å². The van der Waals surface area contributed by atoms with Gasteiger partial charge in [0.2, 0.25) is 5.91 Å². The number of carbonyl (C=O) groups excluding carboxylic acids is 1. The van der Waals surface area contributed by atoms with E-state index in [1.165, 1.54) is 12.0 Å². The molecule has 2 heterocycles. The molecule has 3 aromatic rings. The third-order valence-electron chi connectivity index (χ3n) is 5.73. The number of amides is 1. The van der Waals surface area contributed by atoms with E-state index in [1.54, 1.807) is 0 Å². The number of nitrogens with one attached hydrogen (secondary N) is 1. The van der Waals surface area contributed by atoms with Gasteiger partial charge in [-0.1, -0.05) is 26.3 Å². The summed E-state index contributed by atoms with van der Waals surface area (Å²) in [5, 5.41) is 8.68. The van der Waals surface area contributed by atoms with Crippen molar-refractivity contribution in [2.24, 2.45) is 18.7 Å². The van der Waals surface area contributed by atoms with Crippen LogP contribution in [0, 0.1) is 5.92 Å². The van der Waals surface area contributed by atoms with Crippen LogP contribution < -0.4 is 11.1 Å². The number of carbonyl (C=O) groups is 1. The molecule has 2 aromatic heterocycles. The summed E-state index contributed by atoms with van der Waals surface area (Å²) < 4.78 is 1.94. The molecule has 1 aliphatic rings. The van der Waals surface area contributed by atoms with Gasteiger partial charge in [-0.05, 0) is 37.3 Å². The minimum Gasteiger partial charge on any atom is -0.328 e. The molecule has 0 saturated heterocycles. The Morgan fingerprint density at radius 3 is 2.83 bits per heavy atom. The fourth-order valence-electron chi connectivity index (χ4n) is 4.34. The lowest BCUT2D eigenvalue weighted by atomic mass is 9.85. The first-order valence-electron chi connectivity index (χ1n) is 10.3. The standard InChI is InChI=1S/C22H28N6O/c1-13(2)21-17-10-14(7-8-18(17)27-28(21)3)19-11-20(25-12-24-19)26-22(29)15-5-4-6-16(23)9-15/h7-8,10-13,15-16H,4-6,9,23H2,1-3H3,(H,24,25,26,29)/t15-,16+/m0/s1. The maximum absolute atomic E-state index is 12.6. The number of anilines is 1. The molecule has 1 amide bonds. The van der Waals surface area contributed by atoms with E-state index >= 15 is 0 Å². The van der Waals surface area contributed by atoms with Crippen molar-refractivity contribution in [3.05, 3.63) is 36.3 Å². The van der Waals surface area contributed by atoms with Crippen LogP contribution in [0.25, 0.3) is 22.2 Å². The van der Waals surface area contributed by atoms with Crippen LogP contribution in [0.5, 0.6) is 0 Å². The van der Waals surface area contributed by atoms with E-state index < -0.39 is 0 Å². The minimum absolute atomic E-state index is 0.00499. The maximum atomic E-state index is 12.6. The van der Waals surface area contributed by atoms with Gasteiger partial charge >= 0.3 is 0 Å². The van der Waals surface area contributed by atoms with Crippen molar-refractivity contribution < 1.29 is 4.79 Å². The van der Waals surface area contributed by atoms with Gasteiger partial charge in [0.05, 0.1) is 11.2 Å². The second-order valence-electron chi connectivity index (χ2n) is 8.30. The first-order chi connectivity index (χ1) is 13.9. The number of aryl methyl sites for hydroxylation is 1. The van der Waals surface area contributed by atoms with Crippen molar-refractivity contribution in [1.29, 1.82) is 0 Å². The lowest BCUT2D eigenvalue weighted by Crippen LogP contribution is -2.34. The van der Waals surface area contributed by atoms with E-state index in [0.717, 1.165) is 47.8 Å². The summed E-state index contributed by atoms with van der Waals surface area (Å²) in [6, 6.07) is 8.08. The maximum Gasteiger partial charge on any atom is 0.228 e. The molecule has 0 unspecified atom stereocenters. The molecule has 7 nitrogen and oxygen atoms in total. The van der Waals surface area contributed by atoms with Crippen molar-refractivity contribution in [2.45, 2.75) is 51.5 Å². The van der Waals surface area contributed by atoms with Crippen LogP contribution in [0.4, 0.5) is 5.82 Å². The number of hydrogen-bond acceptors (Lipinski definition) is 5. The zero-order valence-electron chi connectivity index (χ0n) is 17.2. The average molecular weight is 393 g/mol. The van der Waals surface area contributed by atoms with Gasteiger partial charge in [0.1, 0.15) is 12.1 Å². The molecule has 4 rings (SSSR count). The van der Waals surface area contributed by atoms with Crippen LogP contribution in [0.1, 0.15) is 51.1 Å². The SMILES string of the molecule is CC(C)c1c2cc(-c3cc(NC(=O)[C@H]4CCC[C@@H](N)C4)ncn3)ccc2nn1C. The molecular formula is C22H28N6O. The third kappa shape index (κ3) is 4.00. The van der Waals surface area contributed by atoms with Crippen molar-refractivity contribution in [1.82, 2.24) is 19.7 Å². The molecule has 29 heavy (non-hydrogen) atoms. The van der Waals surface area contributed by atoms with Crippen molar-refractivity contribution >= 4 is 22.6 Å². The summed E-state index contributed by atoms with van der Waals surface area (Å²) in [6.07, 6.45) is 5.11. The molecule has 0 bridgehead atoms. The van der Waals surface area contributed by atoms with E-state index in [0.29, 0.717) is 11.7 Å². The van der Waals surface area contributed by atoms with Crippen molar-refractivity contribution in [3.63, 3.8) is 0 Å². The first kappa shape index (κ1) is 19.5. The van der Waals surface area contributed by atoms with Gasteiger partial charge in [-0.3, -0.25) is 9.48 Å². The number of fused-ring (bicyclic) bond motifs is 1. The Balaban J connectivity index is 1.60. The normalized spacial score (nSPS) is 19.6. The smallest absolute Gasteiger partial charge is 0.228 e. The fraction of sp³-hybridized carbons (Fsp3) is 0.455. The van der Waals surface area contributed by atoms with E-state index in [-0.39, 0.29) is 17.9 Å². The van der Waals surface area contributed by atoms with Gasteiger partial charge in [0.25, 0.3) is 0 Å². The Bertz CT molecular complexity index is 1040. The summed E-state index contributed by atoms with van der Waals surface area (Å²) in [5.41, 5.74) is 9.94. The van der Waals surface area contributed by atoms with E-state index in [4.69, 9.17) is 5.73 Å². The van der Waals surface area contributed by atoms with Gasteiger partial charge in [-0.15, -0.1) is 0 Å². The van der Waals surface area contributed by atoms with Gasteiger partial charge in [0.15, 0.2) is 0 Å². The first-order valence-corrected chi connectivity index (χ1v) is 10.3. The largest absolute Gasteiger partial charge is 0.328 e. The van der Waals surface area contributed by atoms with Crippen LogP contribution in [-0.2, 0) is 11.8 Å². The van der Waals surface area contributed by atoms with Crippen molar-refractivity contribution in [2.75, 3.05) is 5.32 Å². The Labute approximate surface area is 170 Å². The fourth-order valence-corrected chi connectivity index (χ4v) is 4.34. The lowest BCUT2D eigenvalue weighted by molar-refractivity contribution is -0.120. The van der Waals surface area contributed by atoms with Crippen LogP contribution in [-0.4, -0.2) is 31.7 Å². The van der Waals surface area contributed by atoms with Crippen molar-refractivity contribution in [3.8, 4) is 11.3 Å². The van der Waals surface area contributed by atoms with E-state index in [1.807, 2.05) is 29.9 Å². The zero-order valence-corrected chi connectivity index (χ0v) is 17.2. The molecular weight excluding hydrogens is 364 g/mol. The number of aromatic nitrogens is 4. The molecule has 3 N–H and O–H groups in total. The number of rotatable bonds is 4. The summed E-state index contributed by atoms with van der Waals surface area (Å²) in [7, 11) is 1.98. The van der Waals surface area contributed by atoms with Crippen LogP contribution in [0.2, 0.25) is 0 Å². The summed E-state index contributed by atoms with van der Waals surface area (Å²) in [5.74, 6) is 0.837. The molecule has 1 saturated carbocycles.